The lowest BCUT2D eigenvalue weighted by atomic mass is 10.3. The minimum atomic E-state index is 0.462. The van der Waals surface area contributed by atoms with Crippen LogP contribution >= 0.6 is 0 Å². The number of nitrogen functional groups attached to an aromatic ring is 1. The minimum Gasteiger partial charge on any atom is -0.384 e. The van der Waals surface area contributed by atoms with Gasteiger partial charge in [-0.05, 0) is 26.2 Å². The van der Waals surface area contributed by atoms with Crippen molar-refractivity contribution >= 4 is 5.82 Å². The van der Waals surface area contributed by atoms with Crippen LogP contribution in [0.25, 0.3) is 11.5 Å². The van der Waals surface area contributed by atoms with Crippen LogP contribution in [-0.2, 0) is 6.54 Å². The number of pyridine rings is 1. The number of hydrogen-bond acceptors (Lipinski definition) is 6. The van der Waals surface area contributed by atoms with Crippen LogP contribution in [0.5, 0.6) is 0 Å². The molecule has 0 radical (unpaired) electrons. The minimum absolute atomic E-state index is 0.462. The summed E-state index contributed by atoms with van der Waals surface area (Å²) in [5.74, 6) is 1.58. The Labute approximate surface area is 93.1 Å². The third-order valence-corrected chi connectivity index (χ3v) is 1.96. The lowest BCUT2D eigenvalue weighted by molar-refractivity contribution is 0.365. The van der Waals surface area contributed by atoms with E-state index < -0.39 is 0 Å². The third-order valence-electron chi connectivity index (χ3n) is 1.96. The summed E-state index contributed by atoms with van der Waals surface area (Å²) >= 11 is 0. The van der Waals surface area contributed by atoms with Gasteiger partial charge >= 0.3 is 0 Å². The molecule has 2 N–H and O–H groups in total. The molecule has 0 saturated heterocycles. The van der Waals surface area contributed by atoms with E-state index in [-0.39, 0.29) is 0 Å². The third kappa shape index (κ3) is 2.34. The molecule has 0 saturated carbocycles. The molecule has 2 heterocycles. The highest BCUT2D eigenvalue weighted by Crippen LogP contribution is 2.16. The molecule has 6 nitrogen and oxygen atoms in total. The second kappa shape index (κ2) is 4.28. The van der Waals surface area contributed by atoms with Gasteiger partial charge in [0.05, 0.1) is 12.1 Å². The van der Waals surface area contributed by atoms with Crippen LogP contribution in [0.2, 0.25) is 0 Å². The van der Waals surface area contributed by atoms with Crippen LogP contribution in [0, 0.1) is 0 Å². The Morgan fingerprint density at radius 1 is 1.38 bits per heavy atom. The average Bonchev–Trinajstić information content (AvgIpc) is 2.66. The Kier molecular flexibility index (Phi) is 2.82. The van der Waals surface area contributed by atoms with Crippen LogP contribution in [-0.4, -0.2) is 34.1 Å². The fraction of sp³-hybridized carbons (Fsp3) is 0.300. The highest BCUT2D eigenvalue weighted by atomic mass is 16.5. The van der Waals surface area contributed by atoms with Crippen molar-refractivity contribution in [3.05, 3.63) is 24.2 Å². The molecule has 6 heteroatoms. The van der Waals surface area contributed by atoms with E-state index in [0.29, 0.717) is 24.1 Å². The van der Waals surface area contributed by atoms with Gasteiger partial charge in [-0.3, -0.25) is 0 Å². The average molecular weight is 219 g/mol. The first-order valence-electron chi connectivity index (χ1n) is 4.84. The monoisotopic (exact) mass is 219 g/mol. The molecular formula is C10H13N5O. The first kappa shape index (κ1) is 10.6. The molecule has 84 valence electrons. The van der Waals surface area contributed by atoms with Gasteiger partial charge in [0.15, 0.2) is 5.82 Å². The van der Waals surface area contributed by atoms with Gasteiger partial charge in [0, 0.05) is 6.20 Å². The fourth-order valence-electron chi connectivity index (χ4n) is 1.25. The van der Waals surface area contributed by atoms with Crippen molar-refractivity contribution in [2.75, 3.05) is 19.8 Å². The van der Waals surface area contributed by atoms with Gasteiger partial charge in [-0.2, -0.15) is 4.98 Å². The summed E-state index contributed by atoms with van der Waals surface area (Å²) in [4.78, 5) is 10.2. The van der Waals surface area contributed by atoms with Gasteiger partial charge < -0.3 is 15.2 Å². The van der Waals surface area contributed by atoms with Crippen molar-refractivity contribution in [3.8, 4) is 11.5 Å². The summed E-state index contributed by atoms with van der Waals surface area (Å²) in [5.41, 5.74) is 6.26. The highest BCUT2D eigenvalue weighted by molar-refractivity contribution is 5.53. The van der Waals surface area contributed by atoms with E-state index in [9.17, 15) is 0 Å². The van der Waals surface area contributed by atoms with Gasteiger partial charge in [0.1, 0.15) is 5.82 Å². The van der Waals surface area contributed by atoms with E-state index in [2.05, 4.69) is 15.1 Å². The fourth-order valence-corrected chi connectivity index (χ4v) is 1.25. The van der Waals surface area contributed by atoms with Crippen molar-refractivity contribution in [2.45, 2.75) is 6.54 Å². The molecule has 2 aromatic heterocycles. The van der Waals surface area contributed by atoms with Crippen molar-refractivity contribution in [3.63, 3.8) is 0 Å². The number of anilines is 1. The van der Waals surface area contributed by atoms with Gasteiger partial charge in [0.25, 0.3) is 5.89 Å². The normalized spacial score (nSPS) is 10.9. The lowest BCUT2D eigenvalue weighted by Gasteiger charge is -2.03. The second-order valence-electron chi connectivity index (χ2n) is 3.73. The van der Waals surface area contributed by atoms with Crippen molar-refractivity contribution < 1.29 is 4.52 Å². The van der Waals surface area contributed by atoms with Gasteiger partial charge in [-0.25, -0.2) is 4.98 Å². The molecule has 0 fully saturated rings. The summed E-state index contributed by atoms with van der Waals surface area (Å²) < 4.78 is 5.12. The van der Waals surface area contributed by atoms with Crippen molar-refractivity contribution in [1.29, 1.82) is 0 Å². The molecule has 2 rings (SSSR count). The van der Waals surface area contributed by atoms with Crippen molar-refractivity contribution in [2.24, 2.45) is 0 Å². The predicted octanol–water partition coefficient (Wildman–Crippen LogP) is 0.775. The summed E-state index contributed by atoms with van der Waals surface area (Å²) in [6, 6.07) is 3.50. The summed E-state index contributed by atoms with van der Waals surface area (Å²) in [6.45, 7) is 0.645. The van der Waals surface area contributed by atoms with Gasteiger partial charge in [-0.1, -0.05) is 5.16 Å². The number of aromatic nitrogens is 3. The van der Waals surface area contributed by atoms with E-state index >= 15 is 0 Å². The maximum absolute atomic E-state index is 5.49. The molecule has 0 unspecified atom stereocenters. The number of nitrogens with zero attached hydrogens (tertiary/aromatic N) is 4. The molecular weight excluding hydrogens is 206 g/mol. The van der Waals surface area contributed by atoms with Gasteiger partial charge in [0.2, 0.25) is 0 Å². The molecule has 0 atom stereocenters. The molecule has 2 aromatic rings. The molecule has 16 heavy (non-hydrogen) atoms. The number of rotatable bonds is 3. The van der Waals surface area contributed by atoms with Crippen LogP contribution in [0.3, 0.4) is 0 Å². The Hall–Kier alpha value is -1.95. The van der Waals surface area contributed by atoms with E-state index in [1.165, 1.54) is 0 Å². The summed E-state index contributed by atoms with van der Waals surface area (Å²) in [7, 11) is 3.89. The van der Waals surface area contributed by atoms with Crippen LogP contribution in [0.4, 0.5) is 5.82 Å². The smallest absolute Gasteiger partial charge is 0.259 e. The summed E-state index contributed by atoms with van der Waals surface area (Å²) in [6.07, 6.45) is 1.61. The molecule has 0 aliphatic carbocycles. The van der Waals surface area contributed by atoms with Crippen LogP contribution in [0.1, 0.15) is 5.82 Å². The SMILES string of the molecule is CN(C)Cc1noc(-c2ccc(N)nc2)n1. The second-order valence-corrected chi connectivity index (χ2v) is 3.73. The van der Waals surface area contributed by atoms with Crippen molar-refractivity contribution in [1.82, 2.24) is 20.0 Å². The standard InChI is InChI=1S/C10H13N5O/c1-15(2)6-9-13-10(16-14-9)7-3-4-8(11)12-5-7/h3-5H,6H2,1-2H3,(H2,11,12). The Bertz CT molecular complexity index is 462. The van der Waals surface area contributed by atoms with E-state index in [4.69, 9.17) is 10.3 Å². The molecule has 0 aliphatic heterocycles. The molecule has 0 spiro atoms. The summed E-state index contributed by atoms with van der Waals surface area (Å²) in [5, 5.41) is 3.87. The zero-order valence-electron chi connectivity index (χ0n) is 9.21. The van der Waals surface area contributed by atoms with E-state index in [1.807, 2.05) is 19.0 Å². The molecule has 0 bridgehead atoms. The van der Waals surface area contributed by atoms with Gasteiger partial charge in [-0.15, -0.1) is 0 Å². The highest BCUT2D eigenvalue weighted by Gasteiger charge is 2.09. The Morgan fingerprint density at radius 2 is 2.19 bits per heavy atom. The maximum Gasteiger partial charge on any atom is 0.259 e. The quantitative estimate of drug-likeness (QED) is 0.821. The first-order valence-corrected chi connectivity index (χ1v) is 4.84. The number of nitrogens with two attached hydrogens (primary N) is 1. The molecule has 0 amide bonds. The van der Waals surface area contributed by atoms with E-state index in [1.54, 1.807) is 18.3 Å². The Balaban J connectivity index is 2.21. The largest absolute Gasteiger partial charge is 0.384 e. The van der Waals surface area contributed by atoms with Crippen LogP contribution < -0.4 is 5.73 Å². The lowest BCUT2D eigenvalue weighted by Crippen LogP contribution is -2.11. The predicted molar refractivity (Wildman–Crippen MR) is 59.3 cm³/mol. The zero-order valence-corrected chi connectivity index (χ0v) is 9.21. The molecule has 0 aromatic carbocycles. The first-order chi connectivity index (χ1) is 7.65. The topological polar surface area (TPSA) is 81.1 Å². The maximum atomic E-state index is 5.49. The van der Waals surface area contributed by atoms with Crippen LogP contribution in [0.15, 0.2) is 22.9 Å². The number of hydrogen-bond donors (Lipinski definition) is 1. The molecule has 0 aliphatic rings. The Morgan fingerprint density at radius 3 is 2.81 bits per heavy atom. The zero-order chi connectivity index (χ0) is 11.5. The van der Waals surface area contributed by atoms with E-state index in [0.717, 1.165) is 5.56 Å².